The number of nitrogens with one attached hydrogen (secondary N) is 2. The summed E-state index contributed by atoms with van der Waals surface area (Å²) in [5.41, 5.74) is -5.92. The van der Waals surface area contributed by atoms with E-state index in [0.29, 0.717) is 0 Å². The van der Waals surface area contributed by atoms with Gasteiger partial charge in [0.1, 0.15) is 35.6 Å². The first kappa shape index (κ1) is 74.8. The van der Waals surface area contributed by atoms with E-state index < -0.39 is 124 Å². The van der Waals surface area contributed by atoms with Gasteiger partial charge in [-0.1, -0.05) is 111 Å². The number of hydrogen-bond donors (Lipinski definition) is 5. The highest BCUT2D eigenvalue weighted by Gasteiger charge is 2.68. The van der Waals surface area contributed by atoms with Crippen LogP contribution in [0.5, 0.6) is 0 Å². The molecule has 0 spiro atoms. The van der Waals surface area contributed by atoms with Crippen LogP contribution in [0.1, 0.15) is 136 Å². The normalized spacial score (nSPS) is 27.9. The SMILES string of the molecule is CC(C)[Si]1(C(C)C)OCC2OC(n3ccc(=O)[nH]c3=O)[C@](O)(CCO)[C@@H]2O[Si](C(C)C)(C(C)C)O1.CC(C)[Si]1(C(C)C)OCC2OC(n3ccc(=O)[nH]c3=O)[C@](O)(CCOS(C)(=O)=O)[C@@H]2O[Si](C(C)C)(C(C)C)O1.CS(=O)(=O)Cl.ClCCl. The number of aliphatic hydroxyl groups excluding tert-OH is 1. The van der Waals surface area contributed by atoms with E-state index in [4.69, 9.17) is 62.8 Å². The van der Waals surface area contributed by atoms with Crippen molar-refractivity contribution in [3.63, 3.8) is 0 Å². The molecule has 4 saturated heterocycles. The fourth-order valence-electron chi connectivity index (χ4n) is 11.4. The van der Waals surface area contributed by atoms with Crippen LogP contribution < -0.4 is 22.5 Å². The van der Waals surface area contributed by atoms with Crippen molar-refractivity contribution in [2.24, 2.45) is 0 Å². The Kier molecular flexibility index (Phi) is 27.1. The van der Waals surface area contributed by atoms with Gasteiger partial charge in [-0.25, -0.2) is 18.0 Å². The fraction of sp³-hybridized carbons (Fsp3) is 0.837. The summed E-state index contributed by atoms with van der Waals surface area (Å²) in [4.78, 5) is 53.3. The van der Waals surface area contributed by atoms with E-state index in [1.807, 2.05) is 27.7 Å². The summed E-state index contributed by atoms with van der Waals surface area (Å²) in [5, 5.41) is 34.4. The van der Waals surface area contributed by atoms with Crippen molar-refractivity contribution in [1.29, 1.82) is 0 Å². The molecule has 0 bridgehead atoms. The highest BCUT2D eigenvalue weighted by Crippen LogP contribution is 2.53. The van der Waals surface area contributed by atoms with Gasteiger partial charge in [0.05, 0.1) is 37.7 Å². The maximum absolute atomic E-state index is 12.8. The van der Waals surface area contributed by atoms with Gasteiger partial charge in [-0.3, -0.25) is 32.9 Å². The van der Waals surface area contributed by atoms with Crippen molar-refractivity contribution in [2.75, 3.05) is 44.3 Å². The molecular weight excluding hydrogens is 1250 g/mol. The summed E-state index contributed by atoms with van der Waals surface area (Å²) in [6, 6.07) is 2.34. The summed E-state index contributed by atoms with van der Waals surface area (Å²) in [5.74, 6) is 0. The van der Waals surface area contributed by atoms with Gasteiger partial charge in [-0.05, 0) is 44.3 Å². The molecule has 0 aromatic carbocycles. The Morgan fingerprint density at radius 3 is 1.15 bits per heavy atom. The highest BCUT2D eigenvalue weighted by atomic mass is 35.7. The molecule has 82 heavy (non-hydrogen) atoms. The lowest BCUT2D eigenvalue weighted by Crippen LogP contribution is -2.67. The standard InChI is InChI=1S/C24H44N2O10SSi2.C23H42N2O8Si2.CH2Cl2.CH3ClO2S/c1-15(2)38(16(3)4)33-14-19-21(35-39(36-38,17(5)6)18(7)8)24(29,11-13-32-37(9,30)31)22(34-19)26-12-10-20(27)25-23(26)28;1-14(2)34(15(3)4)30-13-18-20(32-35(33-34,16(5)6)17(7)8)23(29,10-12-26)21(31-18)25-11-9-19(27)24-22(25)28;2-1-3;1-5(2,3)4/h10,12,15-19,21-22,29H,11,13-14H2,1-9H3,(H,25,27,28);9,11,14-18,20-21,26,29H,10,12-13H2,1-8H3,(H,24,27,28);1H2;1H3/t19?,21-,22?,24+;18?,20-,21?,23+;;/m11../s1. The van der Waals surface area contributed by atoms with Gasteiger partial charge >= 0.3 is 45.6 Å². The number of nitrogens with zero attached hydrogens (tertiary/aromatic N) is 2. The van der Waals surface area contributed by atoms with Crippen LogP contribution in [0.4, 0.5) is 0 Å². The average Bonchev–Trinajstić information content (AvgIpc) is 3.40. The smallest absolute Gasteiger partial charge is 0.335 e. The van der Waals surface area contributed by atoms with Gasteiger partial charge in [-0.15, -0.1) is 23.2 Å². The van der Waals surface area contributed by atoms with Gasteiger partial charge in [0.25, 0.3) is 21.2 Å². The second-order valence-electron chi connectivity index (χ2n) is 23.6. The molecule has 476 valence electrons. The second-order valence-corrected chi connectivity index (χ2v) is 46.8. The Bertz CT molecular complexity index is 2820. The summed E-state index contributed by atoms with van der Waals surface area (Å²) in [6.07, 6.45) is -1.91. The first-order valence-electron chi connectivity index (χ1n) is 27.4. The number of rotatable bonds is 16. The minimum Gasteiger partial charge on any atom is -0.414 e. The second kappa shape index (κ2) is 29.7. The number of aliphatic hydroxyl groups is 3. The van der Waals surface area contributed by atoms with E-state index in [9.17, 15) is 51.3 Å². The lowest BCUT2D eigenvalue weighted by Gasteiger charge is -2.52. The molecule has 24 nitrogen and oxygen atoms in total. The average molecular weight is 1340 g/mol. The molecule has 33 heteroatoms. The third-order valence-corrected chi connectivity index (χ3v) is 36.3. The molecule has 5 N–H and O–H groups in total. The van der Waals surface area contributed by atoms with Crippen molar-refractivity contribution in [3.8, 4) is 0 Å². The van der Waals surface area contributed by atoms with Gasteiger partial charge in [0, 0.05) is 54.7 Å². The van der Waals surface area contributed by atoms with Crippen LogP contribution >= 0.6 is 33.9 Å². The van der Waals surface area contributed by atoms with E-state index in [-0.39, 0.29) is 88.9 Å². The lowest BCUT2D eigenvalue weighted by atomic mass is 9.90. The Hall–Kier alpha value is -1.48. The molecule has 4 aliphatic heterocycles. The topological polar surface area (TPSA) is 322 Å². The number of aromatic nitrogens is 4. The third kappa shape index (κ3) is 17.0. The minimum atomic E-state index is -3.81. The van der Waals surface area contributed by atoms with E-state index in [0.717, 1.165) is 27.7 Å². The summed E-state index contributed by atoms with van der Waals surface area (Å²) in [7, 11) is -14.5. The monoisotopic (exact) mass is 1340 g/mol. The molecule has 0 aliphatic carbocycles. The molecule has 4 aliphatic rings. The maximum atomic E-state index is 12.8. The van der Waals surface area contributed by atoms with Crippen LogP contribution in [0.15, 0.2) is 43.7 Å². The third-order valence-electron chi connectivity index (χ3n) is 15.3. The predicted octanol–water partition coefficient (Wildman–Crippen LogP) is 6.60. The zero-order valence-electron chi connectivity index (χ0n) is 50.5. The first-order valence-corrected chi connectivity index (χ1v) is 40.9. The zero-order chi connectivity index (χ0) is 63.1. The van der Waals surface area contributed by atoms with Crippen LogP contribution in [0, 0.1) is 0 Å². The predicted molar refractivity (Wildman–Crippen MR) is 322 cm³/mol. The molecule has 0 amide bonds. The number of hydrogen-bond acceptors (Lipinski definition) is 20. The Morgan fingerprint density at radius 2 is 0.890 bits per heavy atom. The first-order chi connectivity index (χ1) is 37.6. The Balaban J connectivity index is 0.000000382. The molecule has 2 aromatic heterocycles. The van der Waals surface area contributed by atoms with E-state index in [1.165, 1.54) is 18.5 Å². The molecule has 4 unspecified atom stereocenters. The molecule has 6 rings (SSSR count). The molecule has 4 fully saturated rings. The lowest BCUT2D eigenvalue weighted by molar-refractivity contribution is -0.119. The molecule has 0 saturated carbocycles. The van der Waals surface area contributed by atoms with Crippen LogP contribution in [0.25, 0.3) is 0 Å². The van der Waals surface area contributed by atoms with Crippen molar-refractivity contribution in [3.05, 3.63) is 66.2 Å². The number of alkyl halides is 2. The number of halogens is 3. The molecule has 0 radical (unpaired) electrons. The number of H-pyrrole nitrogens is 2. The summed E-state index contributed by atoms with van der Waals surface area (Å²) < 4.78 is 104. The largest absolute Gasteiger partial charge is 0.414 e. The van der Waals surface area contributed by atoms with Gasteiger partial charge in [0.2, 0.25) is 9.05 Å². The quantitative estimate of drug-likeness (QED) is 0.0511. The van der Waals surface area contributed by atoms with E-state index in [2.05, 4.69) is 104 Å². The van der Waals surface area contributed by atoms with E-state index >= 15 is 0 Å². The van der Waals surface area contributed by atoms with Crippen LogP contribution in [0.3, 0.4) is 0 Å². The van der Waals surface area contributed by atoms with Gasteiger partial charge in [-0.2, -0.15) is 8.42 Å². The minimum absolute atomic E-state index is 0.0301. The van der Waals surface area contributed by atoms with Gasteiger partial charge in [0.15, 0.2) is 12.5 Å². The number of aromatic amines is 2. The van der Waals surface area contributed by atoms with Crippen molar-refractivity contribution < 1.29 is 71.7 Å². The molecule has 6 heterocycles. The maximum Gasteiger partial charge on any atom is 0.335 e. The van der Waals surface area contributed by atoms with E-state index in [1.54, 1.807) is 0 Å². The number of ether oxygens (including phenoxy) is 2. The van der Waals surface area contributed by atoms with Crippen LogP contribution in [-0.2, 0) is 58.8 Å². The summed E-state index contributed by atoms with van der Waals surface area (Å²) in [6.45, 7) is 32.7. The molecular formula is C49H91Cl3N4O20S2Si4. The Labute approximate surface area is 501 Å². The molecule has 2 aromatic rings. The fourth-order valence-corrected chi connectivity index (χ4v) is 34.3. The van der Waals surface area contributed by atoms with Crippen LogP contribution in [-0.4, -0.2) is 165 Å². The van der Waals surface area contributed by atoms with Gasteiger partial charge < -0.3 is 50.7 Å². The summed E-state index contributed by atoms with van der Waals surface area (Å²) >= 11 is 9.53. The van der Waals surface area contributed by atoms with Crippen molar-refractivity contribution in [2.45, 2.75) is 216 Å². The Morgan fingerprint density at radius 1 is 0.598 bits per heavy atom. The number of fused-ring (bicyclic) bond motifs is 2. The van der Waals surface area contributed by atoms with Crippen molar-refractivity contribution in [1.82, 2.24) is 19.1 Å². The van der Waals surface area contributed by atoms with Crippen LogP contribution in [0.2, 0.25) is 44.3 Å². The zero-order valence-corrected chi connectivity index (χ0v) is 58.4. The molecule has 8 atom stereocenters. The van der Waals surface area contributed by atoms with Crippen molar-refractivity contribution >= 4 is 87.3 Å². The highest BCUT2D eigenvalue weighted by molar-refractivity contribution is 8.13.